The Kier molecular flexibility index (Phi) is 4.54. The van der Waals surface area contributed by atoms with Crippen LogP contribution in [0.15, 0.2) is 24.3 Å². The number of benzene rings is 1. The summed E-state index contributed by atoms with van der Waals surface area (Å²) in [7, 11) is 1.66. The minimum Gasteiger partial charge on any atom is -0.497 e. The van der Waals surface area contributed by atoms with Gasteiger partial charge < -0.3 is 9.64 Å². The molecule has 4 bridgehead atoms. The summed E-state index contributed by atoms with van der Waals surface area (Å²) in [4.78, 5) is 28.1. The molecular formula is C22H29NO3. The molecule has 1 aromatic carbocycles. The van der Waals surface area contributed by atoms with Crippen molar-refractivity contribution in [1.29, 1.82) is 0 Å². The van der Waals surface area contributed by atoms with Gasteiger partial charge in [0.05, 0.1) is 12.5 Å². The first-order valence-corrected chi connectivity index (χ1v) is 10.0. The van der Waals surface area contributed by atoms with Crippen LogP contribution in [0.4, 0.5) is 0 Å². The van der Waals surface area contributed by atoms with Gasteiger partial charge in [-0.15, -0.1) is 0 Å². The van der Waals surface area contributed by atoms with Gasteiger partial charge in [0.15, 0.2) is 0 Å². The number of Topliss-reactive ketones (excluding diaryl/α,β-unsaturated/α-hetero) is 1. The summed E-state index contributed by atoms with van der Waals surface area (Å²) >= 11 is 0. The predicted molar refractivity (Wildman–Crippen MR) is 99.7 cm³/mol. The molecule has 0 spiro atoms. The number of ketones is 1. The van der Waals surface area contributed by atoms with Gasteiger partial charge in [0.1, 0.15) is 11.5 Å². The Labute approximate surface area is 155 Å². The van der Waals surface area contributed by atoms with Crippen molar-refractivity contribution >= 4 is 11.7 Å². The smallest absolute Gasteiger partial charge is 0.229 e. The van der Waals surface area contributed by atoms with Crippen molar-refractivity contribution in [3.8, 4) is 5.75 Å². The molecule has 2 atom stereocenters. The van der Waals surface area contributed by atoms with Gasteiger partial charge in [0.2, 0.25) is 5.91 Å². The van der Waals surface area contributed by atoms with Crippen molar-refractivity contribution in [3.63, 3.8) is 0 Å². The van der Waals surface area contributed by atoms with Crippen molar-refractivity contribution in [2.45, 2.75) is 52.0 Å². The monoisotopic (exact) mass is 355 g/mol. The maximum absolute atomic E-state index is 13.6. The van der Waals surface area contributed by atoms with Crippen molar-refractivity contribution in [3.05, 3.63) is 29.8 Å². The Morgan fingerprint density at radius 3 is 2.38 bits per heavy atom. The van der Waals surface area contributed by atoms with Crippen LogP contribution >= 0.6 is 0 Å². The summed E-state index contributed by atoms with van der Waals surface area (Å²) < 4.78 is 5.23. The van der Waals surface area contributed by atoms with Gasteiger partial charge in [-0.05, 0) is 62.1 Å². The van der Waals surface area contributed by atoms with Gasteiger partial charge >= 0.3 is 0 Å². The third-order valence-electron chi connectivity index (χ3n) is 6.76. The third-order valence-corrected chi connectivity index (χ3v) is 6.76. The van der Waals surface area contributed by atoms with Crippen LogP contribution < -0.4 is 4.74 Å². The van der Waals surface area contributed by atoms with Crippen molar-refractivity contribution in [2.75, 3.05) is 13.7 Å². The lowest BCUT2D eigenvalue weighted by Gasteiger charge is -2.55. The average Bonchev–Trinajstić information content (AvgIpc) is 2.65. The Bertz CT molecular complexity index is 678. The van der Waals surface area contributed by atoms with Crippen LogP contribution in [0.5, 0.6) is 5.75 Å². The molecule has 0 saturated heterocycles. The quantitative estimate of drug-likeness (QED) is 0.779. The molecule has 0 unspecified atom stereocenters. The highest BCUT2D eigenvalue weighted by atomic mass is 16.5. The van der Waals surface area contributed by atoms with Crippen LogP contribution in [0.25, 0.3) is 0 Å². The van der Waals surface area contributed by atoms with Crippen molar-refractivity contribution < 1.29 is 14.3 Å². The second-order valence-electron chi connectivity index (χ2n) is 8.60. The molecule has 1 amide bonds. The zero-order valence-electron chi connectivity index (χ0n) is 15.9. The van der Waals surface area contributed by atoms with Crippen LogP contribution in [0, 0.1) is 23.2 Å². The fraction of sp³-hybridized carbons (Fsp3) is 0.636. The number of amides is 1. The zero-order valence-corrected chi connectivity index (χ0v) is 15.9. The number of hydrogen-bond acceptors (Lipinski definition) is 3. The van der Waals surface area contributed by atoms with Crippen LogP contribution in [0.3, 0.4) is 0 Å². The summed E-state index contributed by atoms with van der Waals surface area (Å²) in [6, 6.07) is 7.98. The molecule has 26 heavy (non-hydrogen) atoms. The normalized spacial score (nSPS) is 31.9. The number of carbonyl (C=O) groups is 2. The van der Waals surface area contributed by atoms with Crippen LogP contribution in [-0.4, -0.2) is 30.2 Å². The van der Waals surface area contributed by atoms with E-state index in [1.54, 1.807) is 7.11 Å². The van der Waals surface area contributed by atoms with Crippen molar-refractivity contribution in [2.24, 2.45) is 23.2 Å². The second-order valence-corrected chi connectivity index (χ2v) is 8.60. The van der Waals surface area contributed by atoms with Gasteiger partial charge in [0, 0.05) is 24.9 Å². The zero-order chi connectivity index (χ0) is 18.3. The standard InChI is InChI=1S/C22H29NO3/c1-3-8-23(14-15-4-6-19(26-2)7-5-15)21(25)22-11-16-9-17(12-22)20(24)18(10-16)13-22/h4-7,16-18H,3,8-14H2,1-2H3/t16?,17-,18-,22?/m1/s1. The van der Waals surface area contributed by atoms with E-state index in [9.17, 15) is 9.59 Å². The van der Waals surface area contributed by atoms with Crippen LogP contribution in [0.2, 0.25) is 0 Å². The number of nitrogens with zero attached hydrogens (tertiary/aromatic N) is 1. The molecule has 0 aliphatic heterocycles. The molecular weight excluding hydrogens is 326 g/mol. The Morgan fingerprint density at radius 1 is 1.15 bits per heavy atom. The Hall–Kier alpha value is -1.84. The van der Waals surface area contributed by atoms with Gasteiger partial charge in [0.25, 0.3) is 0 Å². The molecule has 5 rings (SSSR count). The molecule has 0 N–H and O–H groups in total. The SMILES string of the molecule is CCCN(Cc1ccc(OC)cc1)C(=O)C12CC3C[C@H](C1)C(=O)[C@H](C3)C2. The lowest BCUT2D eigenvalue weighted by Crippen LogP contribution is -2.57. The Morgan fingerprint density at radius 2 is 1.81 bits per heavy atom. The molecule has 4 aliphatic rings. The third kappa shape index (κ3) is 2.93. The van der Waals surface area contributed by atoms with E-state index in [1.807, 2.05) is 29.2 Å². The lowest BCUT2D eigenvalue weighted by atomic mass is 9.48. The molecule has 0 radical (unpaired) electrons. The number of ether oxygens (including phenoxy) is 1. The molecule has 4 saturated carbocycles. The topological polar surface area (TPSA) is 46.6 Å². The fourth-order valence-electron chi connectivity index (χ4n) is 5.82. The minimum absolute atomic E-state index is 0.148. The molecule has 4 heteroatoms. The van der Waals surface area contributed by atoms with Gasteiger partial charge in [-0.3, -0.25) is 9.59 Å². The highest BCUT2D eigenvalue weighted by Gasteiger charge is 2.58. The van der Waals surface area contributed by atoms with E-state index in [0.29, 0.717) is 24.2 Å². The van der Waals surface area contributed by atoms with E-state index in [1.165, 1.54) is 0 Å². The summed E-state index contributed by atoms with van der Waals surface area (Å²) in [6.45, 7) is 3.55. The highest BCUT2D eigenvalue weighted by Crippen LogP contribution is 2.59. The molecule has 1 aromatic rings. The summed E-state index contributed by atoms with van der Waals surface area (Å²) in [5.41, 5.74) is 0.861. The summed E-state index contributed by atoms with van der Waals surface area (Å²) in [5, 5.41) is 0. The highest BCUT2D eigenvalue weighted by molar-refractivity contribution is 5.91. The van der Waals surface area contributed by atoms with Gasteiger partial charge in [-0.25, -0.2) is 0 Å². The minimum atomic E-state index is -0.272. The number of methoxy groups -OCH3 is 1. The lowest BCUT2D eigenvalue weighted by molar-refractivity contribution is -0.164. The second kappa shape index (κ2) is 6.71. The largest absolute Gasteiger partial charge is 0.497 e. The molecule has 140 valence electrons. The van der Waals surface area contributed by atoms with E-state index < -0.39 is 0 Å². The molecule has 4 fully saturated rings. The number of rotatable bonds is 6. The maximum Gasteiger partial charge on any atom is 0.229 e. The number of hydrogen-bond donors (Lipinski definition) is 0. The first-order valence-electron chi connectivity index (χ1n) is 10.0. The predicted octanol–water partition coefficient (Wildman–Crippen LogP) is 3.83. The molecule has 4 nitrogen and oxygen atoms in total. The summed E-state index contributed by atoms with van der Waals surface area (Å²) in [6.07, 6.45) is 5.58. The average molecular weight is 355 g/mol. The van der Waals surface area contributed by atoms with Crippen molar-refractivity contribution in [1.82, 2.24) is 4.90 Å². The van der Waals surface area contributed by atoms with E-state index in [-0.39, 0.29) is 17.3 Å². The summed E-state index contributed by atoms with van der Waals surface area (Å²) in [5.74, 6) is 2.45. The number of carbonyl (C=O) groups excluding carboxylic acids is 2. The van der Waals surface area contributed by atoms with E-state index in [2.05, 4.69) is 6.92 Å². The van der Waals surface area contributed by atoms with Gasteiger partial charge in [-0.1, -0.05) is 19.1 Å². The first-order chi connectivity index (χ1) is 12.5. The molecule has 0 heterocycles. The van der Waals surface area contributed by atoms with Crippen LogP contribution in [-0.2, 0) is 16.1 Å². The fourth-order valence-corrected chi connectivity index (χ4v) is 5.82. The van der Waals surface area contributed by atoms with E-state index >= 15 is 0 Å². The van der Waals surface area contributed by atoms with E-state index in [0.717, 1.165) is 56.4 Å². The first kappa shape index (κ1) is 17.6. The molecule has 4 aliphatic carbocycles. The maximum atomic E-state index is 13.6. The van der Waals surface area contributed by atoms with E-state index in [4.69, 9.17) is 4.74 Å². The molecule has 0 aromatic heterocycles. The Balaban J connectivity index is 1.54. The van der Waals surface area contributed by atoms with Gasteiger partial charge in [-0.2, -0.15) is 0 Å². The van der Waals surface area contributed by atoms with Crippen LogP contribution in [0.1, 0.15) is 51.0 Å².